The number of piperidine rings is 1. The van der Waals surface area contributed by atoms with Crippen LogP contribution in [-0.4, -0.2) is 44.1 Å². The lowest BCUT2D eigenvalue weighted by molar-refractivity contribution is 0.226. The fraction of sp³-hybridized carbons (Fsp3) is 0.269. The molecule has 0 aliphatic carbocycles. The van der Waals surface area contributed by atoms with Crippen molar-refractivity contribution in [2.24, 2.45) is 0 Å². The zero-order valence-corrected chi connectivity index (χ0v) is 20.0. The molecule has 1 saturated heterocycles. The minimum absolute atomic E-state index is 0.398. The highest BCUT2D eigenvalue weighted by Crippen LogP contribution is 2.29. The predicted molar refractivity (Wildman–Crippen MR) is 136 cm³/mol. The third kappa shape index (κ3) is 5.31. The summed E-state index contributed by atoms with van der Waals surface area (Å²) in [6, 6.07) is 16.7. The van der Waals surface area contributed by atoms with Crippen LogP contribution in [0, 0.1) is 0 Å². The second-order valence-electron chi connectivity index (χ2n) is 8.42. The van der Waals surface area contributed by atoms with Gasteiger partial charge in [-0.1, -0.05) is 48.6 Å². The van der Waals surface area contributed by atoms with Crippen molar-refractivity contribution < 1.29 is 0 Å². The molecule has 5 rings (SSSR count). The molecule has 0 saturated carbocycles. The maximum atomic E-state index is 4.99. The van der Waals surface area contributed by atoms with Crippen LogP contribution in [0.2, 0.25) is 0 Å². The van der Waals surface area contributed by atoms with E-state index in [-0.39, 0.29) is 0 Å². The normalized spacial score (nSPS) is 17.1. The molecule has 168 valence electrons. The average Bonchev–Trinajstić information content (AvgIpc) is 3.25. The van der Waals surface area contributed by atoms with Gasteiger partial charge in [-0.2, -0.15) is 9.61 Å². The molecule has 1 atom stereocenters. The van der Waals surface area contributed by atoms with Crippen LogP contribution in [0.3, 0.4) is 0 Å². The van der Waals surface area contributed by atoms with Crippen LogP contribution in [-0.2, 0) is 6.54 Å². The molecule has 1 fully saturated rings. The number of nitrogens with zero attached hydrogens (tertiary/aromatic N) is 5. The summed E-state index contributed by atoms with van der Waals surface area (Å²) < 4.78 is 2.78. The summed E-state index contributed by atoms with van der Waals surface area (Å²) >= 11 is 3.62. The molecule has 1 aliphatic heterocycles. The molecule has 3 aromatic heterocycles. The highest BCUT2D eigenvalue weighted by atomic mass is 79.9. The summed E-state index contributed by atoms with van der Waals surface area (Å²) in [6.45, 7) is 3.78. The minimum Gasteiger partial charge on any atom is -0.366 e. The van der Waals surface area contributed by atoms with E-state index in [1.54, 1.807) is 6.20 Å². The van der Waals surface area contributed by atoms with Crippen molar-refractivity contribution in [3.63, 3.8) is 0 Å². The Kier molecular flexibility index (Phi) is 6.79. The Morgan fingerprint density at radius 1 is 1.12 bits per heavy atom. The van der Waals surface area contributed by atoms with Crippen molar-refractivity contribution in [1.29, 1.82) is 0 Å². The van der Waals surface area contributed by atoms with Gasteiger partial charge in [0.15, 0.2) is 5.65 Å². The van der Waals surface area contributed by atoms with Crippen molar-refractivity contribution >= 4 is 33.5 Å². The molecule has 1 unspecified atom stereocenters. The Hall–Kier alpha value is -3.03. The maximum Gasteiger partial charge on any atom is 0.171 e. The number of aromatic nitrogens is 4. The quantitative estimate of drug-likeness (QED) is 0.367. The summed E-state index contributed by atoms with van der Waals surface area (Å²) in [7, 11) is 0. The van der Waals surface area contributed by atoms with E-state index in [0.29, 0.717) is 12.5 Å². The van der Waals surface area contributed by atoms with Crippen LogP contribution < -0.4 is 5.32 Å². The summed E-state index contributed by atoms with van der Waals surface area (Å²) in [6.07, 6.45) is 12.3. The van der Waals surface area contributed by atoms with Crippen LogP contribution in [0.15, 0.2) is 77.7 Å². The molecular weight excluding hydrogens is 476 g/mol. The summed E-state index contributed by atoms with van der Waals surface area (Å²) in [4.78, 5) is 11.7. The van der Waals surface area contributed by atoms with E-state index in [1.165, 1.54) is 12.0 Å². The Morgan fingerprint density at radius 2 is 2.03 bits per heavy atom. The molecule has 33 heavy (non-hydrogen) atoms. The lowest BCUT2D eigenvalue weighted by atomic mass is 9.94. The molecule has 1 aromatic carbocycles. The molecule has 0 spiro atoms. The van der Waals surface area contributed by atoms with Crippen LogP contribution in [0.25, 0.3) is 11.7 Å². The molecule has 4 aromatic rings. The van der Waals surface area contributed by atoms with Crippen LogP contribution in [0.1, 0.15) is 35.6 Å². The van der Waals surface area contributed by atoms with Gasteiger partial charge in [-0.15, -0.1) is 0 Å². The number of halogens is 1. The monoisotopic (exact) mass is 502 g/mol. The second kappa shape index (κ2) is 10.3. The van der Waals surface area contributed by atoms with Crippen LogP contribution in [0.4, 0.5) is 5.82 Å². The van der Waals surface area contributed by atoms with E-state index >= 15 is 0 Å². The second-order valence-corrected chi connectivity index (χ2v) is 9.28. The number of pyridine rings is 1. The SMILES string of the molecule is Brc1cnn2c(NCc3cccnc3)cc(C3CCCN(CC=Cc4ccccc4)C3)nc12. The number of likely N-dealkylation sites (tertiary alicyclic amines) is 1. The number of nitrogens with one attached hydrogen (secondary N) is 1. The lowest BCUT2D eigenvalue weighted by Crippen LogP contribution is -2.34. The van der Waals surface area contributed by atoms with E-state index in [1.807, 2.05) is 23.0 Å². The first-order chi connectivity index (χ1) is 16.3. The molecule has 1 aliphatic rings. The smallest absolute Gasteiger partial charge is 0.171 e. The van der Waals surface area contributed by atoms with Gasteiger partial charge in [0.2, 0.25) is 0 Å². The Labute approximate surface area is 202 Å². The maximum absolute atomic E-state index is 4.99. The number of hydrogen-bond acceptors (Lipinski definition) is 5. The van der Waals surface area contributed by atoms with Gasteiger partial charge >= 0.3 is 0 Å². The van der Waals surface area contributed by atoms with E-state index < -0.39 is 0 Å². The van der Waals surface area contributed by atoms with Crippen molar-refractivity contribution in [2.75, 3.05) is 25.0 Å². The molecular formula is C26H27BrN6. The molecule has 0 amide bonds. The summed E-state index contributed by atoms with van der Waals surface area (Å²) in [5.74, 6) is 1.35. The van der Waals surface area contributed by atoms with Gasteiger partial charge in [-0.3, -0.25) is 9.88 Å². The standard InChI is InChI=1S/C26H27BrN6/c27-23-18-30-33-25(29-17-21-9-4-12-28-16-21)15-24(31-26(23)33)22-11-6-14-32(19-22)13-5-10-20-7-2-1-3-8-20/h1-5,7-10,12,15-16,18,22,29H,6,11,13-14,17,19H2. The van der Waals surface area contributed by atoms with Crippen molar-refractivity contribution in [1.82, 2.24) is 24.5 Å². The number of rotatable bonds is 7. The predicted octanol–water partition coefficient (Wildman–Crippen LogP) is 5.39. The molecule has 4 heterocycles. The van der Waals surface area contributed by atoms with Gasteiger partial charge in [0.1, 0.15) is 5.82 Å². The summed E-state index contributed by atoms with van der Waals surface area (Å²) in [5.41, 5.74) is 4.34. The lowest BCUT2D eigenvalue weighted by Gasteiger charge is -2.32. The van der Waals surface area contributed by atoms with Gasteiger partial charge in [0.25, 0.3) is 0 Å². The fourth-order valence-corrected chi connectivity index (χ4v) is 4.70. The third-order valence-electron chi connectivity index (χ3n) is 6.04. The van der Waals surface area contributed by atoms with E-state index in [2.05, 4.69) is 90.8 Å². The van der Waals surface area contributed by atoms with Gasteiger partial charge < -0.3 is 5.32 Å². The third-order valence-corrected chi connectivity index (χ3v) is 6.60. The highest BCUT2D eigenvalue weighted by Gasteiger charge is 2.23. The van der Waals surface area contributed by atoms with Crippen LogP contribution >= 0.6 is 15.9 Å². The van der Waals surface area contributed by atoms with E-state index in [4.69, 9.17) is 4.98 Å². The highest BCUT2D eigenvalue weighted by molar-refractivity contribution is 9.10. The zero-order valence-electron chi connectivity index (χ0n) is 18.4. The molecule has 1 N–H and O–H groups in total. The van der Waals surface area contributed by atoms with Crippen molar-refractivity contribution in [3.05, 3.63) is 94.5 Å². The molecule has 7 heteroatoms. The van der Waals surface area contributed by atoms with Gasteiger partial charge in [0, 0.05) is 44.0 Å². The van der Waals surface area contributed by atoms with E-state index in [9.17, 15) is 0 Å². The number of anilines is 1. The van der Waals surface area contributed by atoms with Gasteiger partial charge in [-0.25, -0.2) is 4.98 Å². The summed E-state index contributed by atoms with van der Waals surface area (Å²) in [5, 5.41) is 8.05. The zero-order chi connectivity index (χ0) is 22.5. The number of fused-ring (bicyclic) bond motifs is 1. The molecule has 0 bridgehead atoms. The molecule has 0 radical (unpaired) electrons. The van der Waals surface area contributed by atoms with Gasteiger partial charge in [0.05, 0.1) is 16.4 Å². The Morgan fingerprint density at radius 3 is 2.88 bits per heavy atom. The Balaban J connectivity index is 1.32. The number of hydrogen-bond donors (Lipinski definition) is 1. The largest absolute Gasteiger partial charge is 0.366 e. The first kappa shape index (κ1) is 21.8. The number of benzene rings is 1. The fourth-order valence-electron chi connectivity index (χ4n) is 4.35. The van der Waals surface area contributed by atoms with Crippen molar-refractivity contribution in [2.45, 2.75) is 25.3 Å². The first-order valence-corrected chi connectivity index (χ1v) is 12.2. The van der Waals surface area contributed by atoms with Crippen LogP contribution in [0.5, 0.6) is 0 Å². The Bertz CT molecular complexity index is 1220. The average molecular weight is 503 g/mol. The first-order valence-electron chi connectivity index (χ1n) is 11.4. The van der Waals surface area contributed by atoms with Crippen molar-refractivity contribution in [3.8, 4) is 0 Å². The minimum atomic E-state index is 0.398. The molecule has 6 nitrogen and oxygen atoms in total. The topological polar surface area (TPSA) is 58.4 Å². The van der Waals surface area contributed by atoms with E-state index in [0.717, 1.165) is 53.3 Å². The van der Waals surface area contributed by atoms with Gasteiger partial charge in [-0.05, 0) is 52.5 Å².